The molecule has 0 saturated carbocycles. The van der Waals surface area contributed by atoms with Gasteiger partial charge in [0, 0.05) is 17.8 Å². The minimum atomic E-state index is -0.879. The topological polar surface area (TPSA) is 62.2 Å². The van der Waals surface area contributed by atoms with E-state index in [2.05, 4.69) is 10.3 Å². The highest BCUT2D eigenvalue weighted by Gasteiger charge is 2.20. The first-order chi connectivity index (χ1) is 8.34. The van der Waals surface area contributed by atoms with Crippen LogP contribution >= 0.6 is 11.6 Å². The lowest BCUT2D eigenvalue weighted by Crippen LogP contribution is -2.40. The molecule has 18 heavy (non-hydrogen) atoms. The molecular formula is C13H19ClN2O2. The second-order valence-electron chi connectivity index (χ2n) is 4.75. The van der Waals surface area contributed by atoms with Crippen LogP contribution < -0.4 is 5.32 Å². The highest BCUT2D eigenvalue weighted by molar-refractivity contribution is 6.29. The van der Waals surface area contributed by atoms with Gasteiger partial charge in [0.05, 0.1) is 5.60 Å². The summed E-state index contributed by atoms with van der Waals surface area (Å²) >= 11 is 5.79. The molecule has 1 aromatic heterocycles. The molecule has 1 heterocycles. The zero-order chi connectivity index (χ0) is 13.8. The van der Waals surface area contributed by atoms with Crippen molar-refractivity contribution in [2.75, 3.05) is 6.54 Å². The fraction of sp³-hybridized carbons (Fsp3) is 0.538. The number of amides is 1. The summed E-state index contributed by atoms with van der Waals surface area (Å²) in [5, 5.41) is 13.0. The summed E-state index contributed by atoms with van der Waals surface area (Å²) < 4.78 is 0. The monoisotopic (exact) mass is 270 g/mol. The zero-order valence-corrected chi connectivity index (χ0v) is 11.7. The van der Waals surface area contributed by atoms with E-state index >= 15 is 0 Å². The minimum Gasteiger partial charge on any atom is -0.388 e. The van der Waals surface area contributed by atoms with E-state index in [0.717, 1.165) is 6.42 Å². The summed E-state index contributed by atoms with van der Waals surface area (Å²) in [6.45, 7) is 5.69. The van der Waals surface area contributed by atoms with E-state index in [4.69, 9.17) is 11.6 Å². The number of carbonyl (C=O) groups is 1. The highest BCUT2D eigenvalue weighted by Crippen LogP contribution is 2.12. The summed E-state index contributed by atoms with van der Waals surface area (Å²) in [5.74, 6) is -0.251. The molecule has 4 nitrogen and oxygen atoms in total. The van der Waals surface area contributed by atoms with E-state index in [9.17, 15) is 9.90 Å². The van der Waals surface area contributed by atoms with Gasteiger partial charge in [0.2, 0.25) is 0 Å². The van der Waals surface area contributed by atoms with Crippen molar-refractivity contribution >= 4 is 17.5 Å². The maximum atomic E-state index is 11.9. The SMILES string of the molecule is CCCC(C)(O)CNC(=O)c1cc(C)nc(Cl)c1. The predicted molar refractivity (Wildman–Crippen MR) is 71.8 cm³/mol. The Kier molecular flexibility index (Phi) is 5.11. The van der Waals surface area contributed by atoms with Crippen molar-refractivity contribution in [2.24, 2.45) is 0 Å². The fourth-order valence-corrected chi connectivity index (χ4v) is 2.01. The van der Waals surface area contributed by atoms with Gasteiger partial charge in [0.1, 0.15) is 5.15 Å². The van der Waals surface area contributed by atoms with Crippen molar-refractivity contribution in [2.45, 2.75) is 39.2 Å². The molecule has 1 unspecified atom stereocenters. The molecule has 1 rings (SSSR count). The van der Waals surface area contributed by atoms with E-state index < -0.39 is 5.60 Å². The Labute approximate surface area is 112 Å². The first-order valence-electron chi connectivity index (χ1n) is 5.99. The molecule has 0 radical (unpaired) electrons. The molecule has 0 saturated heterocycles. The molecule has 0 spiro atoms. The van der Waals surface area contributed by atoms with Crippen LogP contribution in [0.4, 0.5) is 0 Å². The Morgan fingerprint density at radius 3 is 2.78 bits per heavy atom. The Morgan fingerprint density at radius 1 is 1.56 bits per heavy atom. The molecule has 100 valence electrons. The van der Waals surface area contributed by atoms with Gasteiger partial charge in [0.25, 0.3) is 5.91 Å². The number of nitrogens with zero attached hydrogens (tertiary/aromatic N) is 1. The summed E-state index contributed by atoms with van der Waals surface area (Å²) in [5.41, 5.74) is 0.267. The van der Waals surface area contributed by atoms with Gasteiger partial charge in [-0.25, -0.2) is 4.98 Å². The molecule has 1 aromatic rings. The number of carbonyl (C=O) groups excluding carboxylic acids is 1. The van der Waals surface area contributed by atoms with Crippen LogP contribution in [-0.4, -0.2) is 28.1 Å². The van der Waals surface area contributed by atoms with Crippen LogP contribution in [0.5, 0.6) is 0 Å². The maximum Gasteiger partial charge on any atom is 0.251 e. The number of nitrogens with one attached hydrogen (secondary N) is 1. The third-order valence-corrected chi connectivity index (χ3v) is 2.80. The van der Waals surface area contributed by atoms with Crippen LogP contribution in [0.15, 0.2) is 12.1 Å². The van der Waals surface area contributed by atoms with E-state index in [-0.39, 0.29) is 12.5 Å². The quantitative estimate of drug-likeness (QED) is 0.807. The molecule has 5 heteroatoms. The smallest absolute Gasteiger partial charge is 0.251 e. The van der Waals surface area contributed by atoms with Crippen molar-refractivity contribution in [3.05, 3.63) is 28.5 Å². The largest absolute Gasteiger partial charge is 0.388 e. The van der Waals surface area contributed by atoms with Crippen LogP contribution in [0.2, 0.25) is 5.15 Å². The van der Waals surface area contributed by atoms with Crippen LogP contribution in [0, 0.1) is 6.92 Å². The summed E-state index contributed by atoms with van der Waals surface area (Å²) in [6, 6.07) is 3.17. The van der Waals surface area contributed by atoms with Gasteiger partial charge in [-0.05, 0) is 32.4 Å². The lowest BCUT2D eigenvalue weighted by Gasteiger charge is -2.22. The van der Waals surface area contributed by atoms with Gasteiger partial charge in [-0.2, -0.15) is 0 Å². The van der Waals surface area contributed by atoms with E-state index in [1.165, 1.54) is 6.07 Å². The van der Waals surface area contributed by atoms with Crippen LogP contribution in [0.25, 0.3) is 0 Å². The first kappa shape index (κ1) is 14.9. The fourth-order valence-electron chi connectivity index (χ4n) is 1.76. The Morgan fingerprint density at radius 2 is 2.22 bits per heavy atom. The normalized spacial score (nSPS) is 14.1. The van der Waals surface area contributed by atoms with Crippen molar-refractivity contribution in [1.82, 2.24) is 10.3 Å². The third kappa shape index (κ3) is 4.63. The second-order valence-corrected chi connectivity index (χ2v) is 5.14. The minimum absolute atomic E-state index is 0.221. The number of aromatic nitrogens is 1. The van der Waals surface area contributed by atoms with Crippen molar-refractivity contribution in [1.29, 1.82) is 0 Å². The van der Waals surface area contributed by atoms with Gasteiger partial charge in [-0.1, -0.05) is 24.9 Å². The Bertz CT molecular complexity index is 413. The average Bonchev–Trinajstić information content (AvgIpc) is 2.24. The number of hydrogen-bond donors (Lipinski definition) is 2. The van der Waals surface area contributed by atoms with Crippen LogP contribution in [0.3, 0.4) is 0 Å². The van der Waals surface area contributed by atoms with E-state index in [1.54, 1.807) is 19.9 Å². The summed E-state index contributed by atoms with van der Waals surface area (Å²) in [4.78, 5) is 15.9. The van der Waals surface area contributed by atoms with Crippen molar-refractivity contribution in [3.63, 3.8) is 0 Å². The number of aliphatic hydroxyl groups is 1. The van der Waals surface area contributed by atoms with Crippen molar-refractivity contribution in [3.8, 4) is 0 Å². The van der Waals surface area contributed by atoms with Crippen LogP contribution in [0.1, 0.15) is 42.7 Å². The maximum absolute atomic E-state index is 11.9. The third-order valence-electron chi connectivity index (χ3n) is 2.60. The lowest BCUT2D eigenvalue weighted by molar-refractivity contribution is 0.0469. The van der Waals surface area contributed by atoms with Gasteiger partial charge in [-0.15, -0.1) is 0 Å². The molecular weight excluding hydrogens is 252 g/mol. The van der Waals surface area contributed by atoms with E-state index in [0.29, 0.717) is 22.8 Å². The Hall–Kier alpha value is -1.13. The van der Waals surface area contributed by atoms with Crippen LogP contribution in [-0.2, 0) is 0 Å². The van der Waals surface area contributed by atoms with Gasteiger partial charge in [-0.3, -0.25) is 4.79 Å². The highest BCUT2D eigenvalue weighted by atomic mass is 35.5. The average molecular weight is 271 g/mol. The van der Waals surface area contributed by atoms with Crippen molar-refractivity contribution < 1.29 is 9.90 Å². The predicted octanol–water partition coefficient (Wildman–Crippen LogP) is 2.32. The number of rotatable bonds is 5. The molecule has 0 aromatic carbocycles. The molecule has 1 atom stereocenters. The zero-order valence-electron chi connectivity index (χ0n) is 11.0. The molecule has 0 fully saturated rings. The molecule has 0 aliphatic carbocycles. The molecule has 1 amide bonds. The van der Waals surface area contributed by atoms with Gasteiger partial charge >= 0.3 is 0 Å². The summed E-state index contributed by atoms with van der Waals surface area (Å²) in [6.07, 6.45) is 1.51. The number of aryl methyl sites for hydroxylation is 1. The standard InChI is InChI=1S/C13H19ClN2O2/c1-4-5-13(3,18)8-15-12(17)10-6-9(2)16-11(14)7-10/h6-7,18H,4-5,8H2,1-3H3,(H,15,17). The van der Waals surface area contributed by atoms with E-state index in [1.807, 2.05) is 6.92 Å². The molecule has 0 bridgehead atoms. The molecule has 2 N–H and O–H groups in total. The molecule has 0 aliphatic rings. The number of pyridine rings is 1. The summed E-state index contributed by atoms with van der Waals surface area (Å²) in [7, 11) is 0. The molecule has 0 aliphatic heterocycles. The first-order valence-corrected chi connectivity index (χ1v) is 6.36. The second kappa shape index (κ2) is 6.16. The Balaban J connectivity index is 2.66. The van der Waals surface area contributed by atoms with Gasteiger partial charge in [0.15, 0.2) is 0 Å². The number of hydrogen-bond acceptors (Lipinski definition) is 3. The number of halogens is 1. The van der Waals surface area contributed by atoms with Gasteiger partial charge < -0.3 is 10.4 Å². The lowest BCUT2D eigenvalue weighted by atomic mass is 10.0.